The summed E-state index contributed by atoms with van der Waals surface area (Å²) >= 11 is 0. The molecule has 0 spiro atoms. The summed E-state index contributed by atoms with van der Waals surface area (Å²) in [4.78, 5) is 2.18. The van der Waals surface area contributed by atoms with Gasteiger partial charge in [0.25, 0.3) is 0 Å². The Morgan fingerprint density at radius 1 is 1.56 bits per heavy atom. The van der Waals surface area contributed by atoms with E-state index >= 15 is 0 Å². The van der Waals surface area contributed by atoms with Gasteiger partial charge in [-0.1, -0.05) is 12.1 Å². The number of piperidine rings is 1. The Morgan fingerprint density at radius 3 is 3.00 bits per heavy atom. The molecule has 6 heteroatoms. The number of anilines is 1. The second kappa shape index (κ2) is 5.20. The number of hydrogen-bond donors (Lipinski definition) is 2. The molecular weight excluding hydrogens is 230 g/mol. The lowest BCUT2D eigenvalue weighted by atomic mass is 9.93. The first-order valence-electron chi connectivity index (χ1n) is 6.19. The van der Waals surface area contributed by atoms with Crippen LogP contribution in [0.3, 0.4) is 0 Å². The first-order valence-corrected chi connectivity index (χ1v) is 6.19. The van der Waals surface area contributed by atoms with E-state index in [1.807, 2.05) is 0 Å². The lowest BCUT2D eigenvalue weighted by Crippen LogP contribution is -2.42. The van der Waals surface area contributed by atoms with Crippen LogP contribution < -0.4 is 10.6 Å². The van der Waals surface area contributed by atoms with Gasteiger partial charge in [-0.25, -0.2) is 0 Å². The second-order valence-corrected chi connectivity index (χ2v) is 4.93. The summed E-state index contributed by atoms with van der Waals surface area (Å²) in [5, 5.41) is 19.9. The van der Waals surface area contributed by atoms with E-state index in [-0.39, 0.29) is 5.84 Å². The summed E-state index contributed by atoms with van der Waals surface area (Å²) in [5.41, 5.74) is 6.31. The van der Waals surface area contributed by atoms with Crippen molar-refractivity contribution in [2.45, 2.75) is 32.7 Å². The van der Waals surface area contributed by atoms with Gasteiger partial charge in [0.2, 0.25) is 0 Å². The minimum Gasteiger partial charge on any atom is -0.409 e. The zero-order valence-corrected chi connectivity index (χ0v) is 10.7. The van der Waals surface area contributed by atoms with E-state index in [1.165, 1.54) is 0 Å². The zero-order chi connectivity index (χ0) is 13.1. The summed E-state index contributed by atoms with van der Waals surface area (Å²) in [6.07, 6.45) is 3.79. The Balaban J connectivity index is 2.33. The minimum absolute atomic E-state index is 0.0747. The van der Waals surface area contributed by atoms with Crippen LogP contribution in [0.2, 0.25) is 0 Å². The molecule has 3 N–H and O–H groups in total. The quantitative estimate of drug-likeness (QED) is 0.356. The van der Waals surface area contributed by atoms with Crippen molar-refractivity contribution >= 4 is 11.7 Å². The van der Waals surface area contributed by atoms with Gasteiger partial charge in [-0.15, -0.1) is 5.10 Å². The molecule has 0 saturated carbocycles. The predicted octanol–water partition coefficient (Wildman–Crippen LogP) is 1.20. The van der Waals surface area contributed by atoms with Gasteiger partial charge in [0, 0.05) is 12.6 Å². The molecule has 2 rings (SSSR count). The van der Waals surface area contributed by atoms with Crippen molar-refractivity contribution < 1.29 is 5.21 Å². The van der Waals surface area contributed by atoms with Gasteiger partial charge in [0.1, 0.15) is 0 Å². The molecule has 2 atom stereocenters. The second-order valence-electron chi connectivity index (χ2n) is 4.93. The number of nitrogens with two attached hydrogens (primary N) is 1. The molecule has 1 aliphatic heterocycles. The molecule has 6 nitrogen and oxygen atoms in total. The Morgan fingerprint density at radius 2 is 2.33 bits per heavy atom. The summed E-state index contributed by atoms with van der Waals surface area (Å²) in [6.45, 7) is 5.35. The fourth-order valence-corrected chi connectivity index (χ4v) is 2.51. The highest BCUT2D eigenvalue weighted by molar-refractivity contribution is 6.01. The van der Waals surface area contributed by atoms with Crippen molar-refractivity contribution in [2.75, 3.05) is 11.4 Å². The van der Waals surface area contributed by atoms with Gasteiger partial charge < -0.3 is 15.8 Å². The molecule has 1 aliphatic rings. The maximum Gasteiger partial charge on any atom is 0.173 e. The topological polar surface area (TPSA) is 87.6 Å². The standard InChI is InChI=1S/C12H19N5O/c1-8-4-6-17(9(2)7-8)12-10(11(13)16-18)3-5-14-15-12/h3,5,8-9,18H,4,6-7H2,1-2H3,(H2,13,16). The number of hydrogen-bond acceptors (Lipinski definition) is 5. The van der Waals surface area contributed by atoms with Crippen LogP contribution in [0.5, 0.6) is 0 Å². The number of aromatic nitrogens is 2. The van der Waals surface area contributed by atoms with E-state index in [2.05, 4.69) is 34.1 Å². The van der Waals surface area contributed by atoms with Crippen molar-refractivity contribution in [3.63, 3.8) is 0 Å². The Labute approximate surface area is 106 Å². The Hall–Kier alpha value is -1.85. The first-order chi connectivity index (χ1) is 8.63. The van der Waals surface area contributed by atoms with Crippen molar-refractivity contribution in [1.29, 1.82) is 0 Å². The van der Waals surface area contributed by atoms with E-state index < -0.39 is 0 Å². The van der Waals surface area contributed by atoms with E-state index in [0.717, 1.165) is 25.3 Å². The van der Waals surface area contributed by atoms with Gasteiger partial charge in [0.05, 0.1) is 11.8 Å². The van der Waals surface area contributed by atoms with Crippen molar-refractivity contribution in [2.24, 2.45) is 16.8 Å². The third kappa shape index (κ3) is 2.37. The fourth-order valence-electron chi connectivity index (χ4n) is 2.51. The smallest absolute Gasteiger partial charge is 0.173 e. The van der Waals surface area contributed by atoms with Crippen LogP contribution in [-0.2, 0) is 0 Å². The molecule has 1 fully saturated rings. The Bertz CT molecular complexity index is 448. The molecule has 0 bridgehead atoms. The highest BCUT2D eigenvalue weighted by Crippen LogP contribution is 2.28. The third-order valence-corrected chi connectivity index (χ3v) is 3.50. The lowest BCUT2D eigenvalue weighted by molar-refractivity contribution is 0.318. The fraction of sp³-hybridized carbons (Fsp3) is 0.583. The largest absolute Gasteiger partial charge is 0.409 e. The monoisotopic (exact) mass is 249 g/mol. The number of oxime groups is 1. The molecule has 1 saturated heterocycles. The molecule has 2 heterocycles. The van der Waals surface area contributed by atoms with Crippen LogP contribution >= 0.6 is 0 Å². The van der Waals surface area contributed by atoms with Crippen LogP contribution in [0.15, 0.2) is 17.4 Å². The molecular formula is C12H19N5O. The van der Waals surface area contributed by atoms with Crippen molar-refractivity contribution in [1.82, 2.24) is 10.2 Å². The average molecular weight is 249 g/mol. The maximum absolute atomic E-state index is 8.82. The highest BCUT2D eigenvalue weighted by Gasteiger charge is 2.26. The minimum atomic E-state index is 0.0747. The number of nitrogens with zero attached hydrogens (tertiary/aromatic N) is 4. The van der Waals surface area contributed by atoms with Gasteiger partial charge in [-0.05, 0) is 31.7 Å². The molecule has 1 aromatic heterocycles. The summed E-state index contributed by atoms with van der Waals surface area (Å²) in [7, 11) is 0. The van der Waals surface area contributed by atoms with Crippen LogP contribution in [0, 0.1) is 5.92 Å². The summed E-state index contributed by atoms with van der Waals surface area (Å²) in [6, 6.07) is 2.11. The Kier molecular flexibility index (Phi) is 3.64. The van der Waals surface area contributed by atoms with E-state index in [1.54, 1.807) is 12.3 Å². The van der Waals surface area contributed by atoms with Crippen LogP contribution in [-0.4, -0.2) is 33.8 Å². The SMILES string of the molecule is CC1CCN(c2nnccc2/C(N)=N/O)C(C)C1. The van der Waals surface area contributed by atoms with Crippen molar-refractivity contribution in [3.8, 4) is 0 Å². The molecule has 0 amide bonds. The average Bonchev–Trinajstić information content (AvgIpc) is 2.38. The zero-order valence-electron chi connectivity index (χ0n) is 10.7. The van der Waals surface area contributed by atoms with Gasteiger partial charge in [0.15, 0.2) is 11.7 Å². The van der Waals surface area contributed by atoms with Crippen LogP contribution in [0.1, 0.15) is 32.3 Å². The number of amidine groups is 1. The maximum atomic E-state index is 8.82. The summed E-state index contributed by atoms with van der Waals surface area (Å²) < 4.78 is 0. The molecule has 1 aromatic rings. The third-order valence-electron chi connectivity index (χ3n) is 3.50. The van der Waals surface area contributed by atoms with Crippen molar-refractivity contribution in [3.05, 3.63) is 17.8 Å². The van der Waals surface area contributed by atoms with Crippen LogP contribution in [0.25, 0.3) is 0 Å². The predicted molar refractivity (Wildman–Crippen MR) is 69.7 cm³/mol. The van der Waals surface area contributed by atoms with E-state index in [9.17, 15) is 0 Å². The first kappa shape index (κ1) is 12.6. The van der Waals surface area contributed by atoms with Crippen LogP contribution in [0.4, 0.5) is 5.82 Å². The highest BCUT2D eigenvalue weighted by atomic mass is 16.4. The molecule has 0 radical (unpaired) electrons. The van der Waals surface area contributed by atoms with E-state index in [0.29, 0.717) is 17.4 Å². The van der Waals surface area contributed by atoms with Gasteiger partial charge in [-0.2, -0.15) is 5.10 Å². The van der Waals surface area contributed by atoms with Gasteiger partial charge >= 0.3 is 0 Å². The molecule has 98 valence electrons. The number of rotatable bonds is 2. The molecule has 18 heavy (non-hydrogen) atoms. The lowest BCUT2D eigenvalue weighted by Gasteiger charge is -2.37. The molecule has 0 aromatic carbocycles. The molecule has 0 aliphatic carbocycles. The summed E-state index contributed by atoms with van der Waals surface area (Å²) in [5.74, 6) is 1.50. The molecule has 2 unspecified atom stereocenters. The normalized spacial score (nSPS) is 25.2. The van der Waals surface area contributed by atoms with Gasteiger partial charge in [-0.3, -0.25) is 0 Å². The van der Waals surface area contributed by atoms with E-state index in [4.69, 9.17) is 10.9 Å².